The first-order valence-corrected chi connectivity index (χ1v) is 4.84. The Labute approximate surface area is 83.9 Å². The quantitative estimate of drug-likeness (QED) is 0.612. The lowest BCUT2D eigenvalue weighted by molar-refractivity contribution is 0.142. The molecule has 0 bridgehead atoms. The molecule has 0 fully saturated rings. The summed E-state index contributed by atoms with van der Waals surface area (Å²) in [5.41, 5.74) is 0. The van der Waals surface area contributed by atoms with Crippen molar-refractivity contribution in [1.82, 2.24) is 4.98 Å². The molecule has 6 heteroatoms. The first-order valence-electron chi connectivity index (χ1n) is 3.24. The Balaban J connectivity index is 2.91. The van der Waals surface area contributed by atoms with Crippen molar-refractivity contribution in [2.75, 3.05) is 6.26 Å². The fraction of sp³-hybridized carbons (Fsp3) is 0.143. The van der Waals surface area contributed by atoms with E-state index in [-0.39, 0.29) is 10.9 Å². The molecule has 1 aromatic heterocycles. The number of ether oxygens (including phenoxy) is 1. The molecule has 70 valence electrons. The van der Waals surface area contributed by atoms with Crippen molar-refractivity contribution < 1.29 is 14.6 Å². The smallest absolute Gasteiger partial charge is 0.449 e. The fourth-order valence-corrected chi connectivity index (χ4v) is 1.34. The summed E-state index contributed by atoms with van der Waals surface area (Å²) in [6.45, 7) is 0. The topological polar surface area (TPSA) is 59.4 Å². The molecular formula is C7H6ClNO3S. The Morgan fingerprint density at radius 2 is 2.46 bits per heavy atom. The second kappa shape index (κ2) is 4.34. The zero-order valence-corrected chi connectivity index (χ0v) is 8.22. The van der Waals surface area contributed by atoms with Crippen molar-refractivity contribution >= 4 is 29.5 Å². The monoisotopic (exact) mass is 219 g/mol. The van der Waals surface area contributed by atoms with Crippen LogP contribution in [0, 0.1) is 0 Å². The van der Waals surface area contributed by atoms with Crippen LogP contribution in [0.25, 0.3) is 0 Å². The van der Waals surface area contributed by atoms with Gasteiger partial charge in [-0.3, -0.25) is 0 Å². The molecule has 0 radical (unpaired) electrons. The number of rotatable bonds is 2. The van der Waals surface area contributed by atoms with Gasteiger partial charge < -0.3 is 9.84 Å². The molecule has 0 spiro atoms. The minimum absolute atomic E-state index is 0.0908. The van der Waals surface area contributed by atoms with Gasteiger partial charge in [-0.25, -0.2) is 9.78 Å². The first kappa shape index (κ1) is 10.1. The van der Waals surface area contributed by atoms with E-state index in [2.05, 4.69) is 9.72 Å². The number of carboxylic acid groups (broad SMARTS) is 1. The van der Waals surface area contributed by atoms with Gasteiger partial charge in [-0.05, 0) is 12.3 Å². The van der Waals surface area contributed by atoms with Crippen LogP contribution >= 0.6 is 23.4 Å². The van der Waals surface area contributed by atoms with Crippen molar-refractivity contribution in [3.05, 3.63) is 17.3 Å². The van der Waals surface area contributed by atoms with Crippen molar-refractivity contribution in [2.24, 2.45) is 0 Å². The summed E-state index contributed by atoms with van der Waals surface area (Å²) in [6.07, 6.45) is 1.94. The highest BCUT2D eigenvalue weighted by atomic mass is 35.5. The second-order valence-corrected chi connectivity index (χ2v) is 3.32. The maximum atomic E-state index is 10.1. The van der Waals surface area contributed by atoms with Gasteiger partial charge in [-0.2, -0.15) is 0 Å². The molecule has 13 heavy (non-hydrogen) atoms. The lowest BCUT2D eigenvalue weighted by Gasteiger charge is -2.02. The van der Waals surface area contributed by atoms with E-state index in [4.69, 9.17) is 16.7 Å². The van der Waals surface area contributed by atoms with Crippen molar-refractivity contribution in [2.45, 2.75) is 4.90 Å². The number of hydrogen-bond acceptors (Lipinski definition) is 4. The molecule has 0 amide bonds. The Kier molecular flexibility index (Phi) is 3.39. The Hall–Kier alpha value is -0.940. The van der Waals surface area contributed by atoms with Crippen LogP contribution in [0.4, 0.5) is 4.79 Å². The number of thioether (sulfide) groups is 1. The van der Waals surface area contributed by atoms with Crippen LogP contribution in [0.2, 0.25) is 5.02 Å². The molecule has 0 aromatic carbocycles. The lowest BCUT2D eigenvalue weighted by atomic mass is 10.5. The summed E-state index contributed by atoms with van der Waals surface area (Å²) in [4.78, 5) is 14.7. The van der Waals surface area contributed by atoms with E-state index in [1.54, 1.807) is 6.07 Å². The number of aromatic nitrogens is 1. The molecule has 1 aromatic rings. The van der Waals surface area contributed by atoms with Crippen LogP contribution < -0.4 is 4.74 Å². The number of nitrogens with zero attached hydrogens (tertiary/aromatic N) is 1. The maximum absolute atomic E-state index is 10.1. The zero-order chi connectivity index (χ0) is 9.84. The third-order valence-electron chi connectivity index (χ3n) is 1.20. The molecule has 1 N–H and O–H groups in total. The summed E-state index contributed by atoms with van der Waals surface area (Å²) in [6, 6.07) is 1.59. The highest BCUT2D eigenvalue weighted by Crippen LogP contribution is 2.26. The molecule has 0 aliphatic rings. The molecule has 0 aliphatic carbocycles. The highest BCUT2D eigenvalue weighted by molar-refractivity contribution is 7.98. The van der Waals surface area contributed by atoms with Crippen LogP contribution in [-0.2, 0) is 0 Å². The normalized spacial score (nSPS) is 9.69. The number of pyridine rings is 1. The molecule has 0 aliphatic heterocycles. The average molecular weight is 220 g/mol. The summed E-state index contributed by atoms with van der Waals surface area (Å²) in [5.74, 6) is -0.0908. The second-order valence-electron chi connectivity index (χ2n) is 2.03. The number of carbonyl (C=O) groups is 1. The Morgan fingerprint density at radius 3 is 2.92 bits per heavy atom. The largest absolute Gasteiger partial charge is 0.512 e. The van der Waals surface area contributed by atoms with Crippen LogP contribution in [0.5, 0.6) is 5.88 Å². The van der Waals surface area contributed by atoms with E-state index in [1.165, 1.54) is 18.0 Å². The van der Waals surface area contributed by atoms with Gasteiger partial charge in [-0.1, -0.05) is 11.6 Å². The van der Waals surface area contributed by atoms with Crippen LogP contribution in [0.3, 0.4) is 0 Å². The van der Waals surface area contributed by atoms with Crippen LogP contribution in [0.15, 0.2) is 17.2 Å². The van der Waals surface area contributed by atoms with Gasteiger partial charge in [0.05, 0.1) is 0 Å². The van der Waals surface area contributed by atoms with Crippen LogP contribution in [-0.4, -0.2) is 22.5 Å². The minimum atomic E-state index is -1.42. The molecule has 4 nitrogen and oxygen atoms in total. The minimum Gasteiger partial charge on any atom is -0.449 e. The first-order chi connectivity index (χ1) is 6.13. The molecule has 0 saturated carbocycles. The van der Waals surface area contributed by atoms with E-state index < -0.39 is 6.16 Å². The SMILES string of the molecule is CSc1cnc(OC(=O)O)c(Cl)c1. The van der Waals surface area contributed by atoms with Gasteiger partial charge in [-0.15, -0.1) is 11.8 Å². The molecule has 0 saturated heterocycles. The summed E-state index contributed by atoms with van der Waals surface area (Å²) >= 11 is 7.15. The predicted octanol–water partition coefficient (Wildman–Crippen LogP) is 2.51. The lowest BCUT2D eigenvalue weighted by Crippen LogP contribution is -2.04. The van der Waals surface area contributed by atoms with Gasteiger partial charge in [0, 0.05) is 11.1 Å². The van der Waals surface area contributed by atoms with Gasteiger partial charge in [0.1, 0.15) is 5.02 Å². The van der Waals surface area contributed by atoms with Crippen molar-refractivity contribution in [1.29, 1.82) is 0 Å². The third-order valence-corrected chi connectivity index (χ3v) is 2.17. The summed E-state index contributed by atoms with van der Waals surface area (Å²) < 4.78 is 4.31. The van der Waals surface area contributed by atoms with Gasteiger partial charge in [0.15, 0.2) is 0 Å². The van der Waals surface area contributed by atoms with E-state index in [1.807, 2.05) is 6.26 Å². The standard InChI is InChI=1S/C7H6ClNO3S/c1-13-4-2-5(8)6(9-3-4)12-7(10)11/h2-3H,1H3,(H,10,11). The zero-order valence-electron chi connectivity index (χ0n) is 6.65. The number of hydrogen-bond donors (Lipinski definition) is 1. The molecular weight excluding hydrogens is 214 g/mol. The third kappa shape index (κ3) is 2.78. The van der Waals surface area contributed by atoms with E-state index >= 15 is 0 Å². The van der Waals surface area contributed by atoms with Crippen molar-refractivity contribution in [3.63, 3.8) is 0 Å². The fourth-order valence-electron chi connectivity index (χ4n) is 0.677. The summed E-state index contributed by atoms with van der Waals surface area (Å²) in [5, 5.41) is 8.48. The highest BCUT2D eigenvalue weighted by Gasteiger charge is 2.08. The molecule has 1 rings (SSSR count). The van der Waals surface area contributed by atoms with Crippen molar-refractivity contribution in [3.8, 4) is 5.88 Å². The Bertz CT molecular complexity index is 332. The van der Waals surface area contributed by atoms with E-state index in [9.17, 15) is 4.79 Å². The average Bonchev–Trinajstić information content (AvgIpc) is 2.08. The van der Waals surface area contributed by atoms with Gasteiger partial charge in [0.25, 0.3) is 0 Å². The van der Waals surface area contributed by atoms with Gasteiger partial charge >= 0.3 is 6.16 Å². The summed E-state index contributed by atoms with van der Waals surface area (Å²) in [7, 11) is 0. The van der Waals surface area contributed by atoms with Crippen LogP contribution in [0.1, 0.15) is 0 Å². The Morgan fingerprint density at radius 1 is 1.77 bits per heavy atom. The maximum Gasteiger partial charge on any atom is 0.512 e. The molecule has 1 heterocycles. The van der Waals surface area contributed by atoms with E-state index in [0.717, 1.165) is 4.90 Å². The predicted molar refractivity (Wildman–Crippen MR) is 49.7 cm³/mol. The number of halogens is 1. The van der Waals surface area contributed by atoms with E-state index in [0.29, 0.717) is 0 Å². The molecule has 0 atom stereocenters. The van der Waals surface area contributed by atoms with Gasteiger partial charge in [0.2, 0.25) is 5.88 Å². The molecule has 0 unspecified atom stereocenters.